The lowest BCUT2D eigenvalue weighted by Crippen LogP contribution is -2.19. The summed E-state index contributed by atoms with van der Waals surface area (Å²) in [7, 11) is 0. The minimum absolute atomic E-state index is 0.00830. The molecule has 4 heteroatoms. The molecule has 0 bridgehead atoms. The topological polar surface area (TPSA) is 63.6 Å². The molecule has 0 aromatic carbocycles. The van der Waals surface area contributed by atoms with Crippen LogP contribution in [0, 0.1) is 5.92 Å². The van der Waals surface area contributed by atoms with Gasteiger partial charge in [0.15, 0.2) is 0 Å². The number of rotatable bonds is 5. The fourth-order valence-electron chi connectivity index (χ4n) is 0.806. The fraction of sp³-hybridized carbons (Fsp3) is 0.778. The third-order valence-corrected chi connectivity index (χ3v) is 1.55. The van der Waals surface area contributed by atoms with Gasteiger partial charge in [-0.2, -0.15) is 0 Å². The van der Waals surface area contributed by atoms with Crippen molar-refractivity contribution in [3.05, 3.63) is 0 Å². The van der Waals surface area contributed by atoms with Gasteiger partial charge in [-0.25, -0.2) is 0 Å². The number of carboxylic acids is 1. The maximum Gasteiger partial charge on any atom is 0.308 e. The van der Waals surface area contributed by atoms with Gasteiger partial charge in [0.05, 0.1) is 12.0 Å². The molecule has 0 aliphatic rings. The van der Waals surface area contributed by atoms with Crippen LogP contribution in [0.15, 0.2) is 0 Å². The second-order valence-electron chi connectivity index (χ2n) is 3.32. The number of carbonyl (C=O) groups excluding carboxylic acids is 1. The van der Waals surface area contributed by atoms with Crippen molar-refractivity contribution in [3.63, 3.8) is 0 Å². The monoisotopic (exact) mass is 188 g/mol. The Kier molecular flexibility index (Phi) is 5.11. The van der Waals surface area contributed by atoms with Crippen molar-refractivity contribution in [1.29, 1.82) is 0 Å². The summed E-state index contributed by atoms with van der Waals surface area (Å²) in [6.07, 6.45) is 0.203. The molecule has 0 aromatic heterocycles. The second-order valence-corrected chi connectivity index (χ2v) is 3.32. The van der Waals surface area contributed by atoms with Crippen molar-refractivity contribution >= 4 is 11.9 Å². The van der Waals surface area contributed by atoms with Crippen LogP contribution < -0.4 is 0 Å². The quantitative estimate of drug-likeness (QED) is 0.663. The van der Waals surface area contributed by atoms with Gasteiger partial charge >= 0.3 is 11.9 Å². The van der Waals surface area contributed by atoms with E-state index in [0.29, 0.717) is 6.42 Å². The Balaban J connectivity index is 3.76. The van der Waals surface area contributed by atoms with E-state index in [1.165, 1.54) is 0 Å². The van der Waals surface area contributed by atoms with Crippen molar-refractivity contribution < 1.29 is 19.4 Å². The van der Waals surface area contributed by atoms with Crippen molar-refractivity contribution in [3.8, 4) is 0 Å². The molecule has 0 rings (SSSR count). The van der Waals surface area contributed by atoms with Crippen LogP contribution in [0.4, 0.5) is 0 Å². The van der Waals surface area contributed by atoms with Crippen LogP contribution in [0.5, 0.6) is 0 Å². The zero-order chi connectivity index (χ0) is 10.4. The van der Waals surface area contributed by atoms with Gasteiger partial charge in [-0.3, -0.25) is 9.59 Å². The summed E-state index contributed by atoms with van der Waals surface area (Å²) in [6, 6.07) is 0. The molecular weight excluding hydrogens is 172 g/mol. The molecule has 0 aromatic rings. The summed E-state index contributed by atoms with van der Waals surface area (Å²) >= 11 is 0. The number of carbonyl (C=O) groups is 2. The highest BCUT2D eigenvalue weighted by Crippen LogP contribution is 2.08. The first-order valence-corrected chi connectivity index (χ1v) is 4.35. The van der Waals surface area contributed by atoms with Crippen LogP contribution in [0.1, 0.15) is 33.6 Å². The molecule has 0 spiro atoms. The van der Waals surface area contributed by atoms with Crippen LogP contribution in [0.2, 0.25) is 0 Å². The Morgan fingerprint density at radius 3 is 2.23 bits per heavy atom. The van der Waals surface area contributed by atoms with Crippen molar-refractivity contribution in [2.24, 2.45) is 5.92 Å². The third-order valence-electron chi connectivity index (χ3n) is 1.55. The highest BCUT2D eigenvalue weighted by Gasteiger charge is 2.16. The van der Waals surface area contributed by atoms with Crippen LogP contribution in [-0.4, -0.2) is 23.1 Å². The maximum atomic E-state index is 11.2. The van der Waals surface area contributed by atoms with Crippen LogP contribution in [0.25, 0.3) is 0 Å². The number of ether oxygens (including phenoxy) is 1. The van der Waals surface area contributed by atoms with Gasteiger partial charge in [0.2, 0.25) is 0 Å². The minimum Gasteiger partial charge on any atom is -0.481 e. The minimum atomic E-state index is -0.885. The summed E-state index contributed by atoms with van der Waals surface area (Å²) < 4.78 is 4.91. The third kappa shape index (κ3) is 6.13. The number of aliphatic carboxylic acids is 1. The smallest absolute Gasteiger partial charge is 0.308 e. The second kappa shape index (κ2) is 5.56. The van der Waals surface area contributed by atoms with Crippen molar-refractivity contribution in [2.75, 3.05) is 0 Å². The van der Waals surface area contributed by atoms with Crippen LogP contribution in [-0.2, 0) is 14.3 Å². The van der Waals surface area contributed by atoms with Crippen molar-refractivity contribution in [1.82, 2.24) is 0 Å². The summed E-state index contributed by atoms with van der Waals surface area (Å²) in [5, 5.41) is 8.37. The van der Waals surface area contributed by atoms with E-state index in [9.17, 15) is 9.59 Å². The fourth-order valence-corrected chi connectivity index (χ4v) is 0.806. The molecular formula is C9H16O4. The van der Waals surface area contributed by atoms with Gasteiger partial charge in [0.25, 0.3) is 0 Å². The first-order chi connectivity index (χ1) is 5.93. The largest absolute Gasteiger partial charge is 0.481 e. The molecule has 0 aliphatic heterocycles. The number of hydrogen-bond donors (Lipinski definition) is 1. The van der Waals surface area contributed by atoms with E-state index in [-0.39, 0.29) is 24.4 Å². The first kappa shape index (κ1) is 11.9. The lowest BCUT2D eigenvalue weighted by molar-refractivity contribution is -0.152. The van der Waals surface area contributed by atoms with Gasteiger partial charge < -0.3 is 9.84 Å². The highest BCUT2D eigenvalue weighted by molar-refractivity contribution is 5.73. The van der Waals surface area contributed by atoms with Gasteiger partial charge in [-0.05, 0) is 20.3 Å². The molecule has 0 aliphatic carbocycles. The molecule has 1 N–H and O–H groups in total. The van der Waals surface area contributed by atoms with Gasteiger partial charge in [-0.1, -0.05) is 6.92 Å². The zero-order valence-corrected chi connectivity index (χ0v) is 8.24. The molecule has 0 radical (unpaired) electrons. The van der Waals surface area contributed by atoms with E-state index in [1.54, 1.807) is 20.8 Å². The van der Waals surface area contributed by atoms with E-state index in [2.05, 4.69) is 0 Å². The molecule has 0 saturated heterocycles. The summed E-state index contributed by atoms with van der Waals surface area (Å²) in [5.74, 6) is -1.54. The molecule has 13 heavy (non-hydrogen) atoms. The Hall–Kier alpha value is -1.06. The van der Waals surface area contributed by atoms with E-state index in [4.69, 9.17) is 9.84 Å². The van der Waals surface area contributed by atoms with Gasteiger partial charge in [-0.15, -0.1) is 0 Å². The molecule has 76 valence electrons. The Morgan fingerprint density at radius 2 is 1.85 bits per heavy atom. The number of hydrogen-bond acceptors (Lipinski definition) is 3. The zero-order valence-electron chi connectivity index (χ0n) is 8.24. The molecule has 0 heterocycles. The lowest BCUT2D eigenvalue weighted by Gasteiger charge is -2.12. The predicted molar refractivity (Wildman–Crippen MR) is 47.3 cm³/mol. The van der Waals surface area contributed by atoms with Crippen LogP contribution in [0.3, 0.4) is 0 Å². The Morgan fingerprint density at radius 1 is 1.31 bits per heavy atom. The maximum absolute atomic E-state index is 11.2. The van der Waals surface area contributed by atoms with Crippen molar-refractivity contribution in [2.45, 2.75) is 39.7 Å². The Bertz CT molecular complexity index is 186. The van der Waals surface area contributed by atoms with Crippen LogP contribution >= 0.6 is 0 Å². The normalized spacial score (nSPS) is 12.6. The molecule has 0 unspecified atom stereocenters. The predicted octanol–water partition coefficient (Wildman–Crippen LogP) is 1.44. The summed E-state index contributed by atoms with van der Waals surface area (Å²) in [6.45, 7) is 5.21. The average Bonchev–Trinajstić information content (AvgIpc) is 1.98. The van der Waals surface area contributed by atoms with E-state index < -0.39 is 5.97 Å². The van der Waals surface area contributed by atoms with E-state index >= 15 is 0 Å². The molecule has 4 nitrogen and oxygen atoms in total. The molecule has 0 saturated carbocycles. The molecule has 0 amide bonds. The SMILES string of the molecule is CC(C)OC(=O)[C@H](C)CCC(=O)O. The highest BCUT2D eigenvalue weighted by atomic mass is 16.5. The average molecular weight is 188 g/mol. The lowest BCUT2D eigenvalue weighted by atomic mass is 10.1. The van der Waals surface area contributed by atoms with Gasteiger partial charge in [0.1, 0.15) is 0 Å². The summed E-state index contributed by atoms with van der Waals surface area (Å²) in [4.78, 5) is 21.3. The molecule has 0 fully saturated rings. The van der Waals surface area contributed by atoms with E-state index in [0.717, 1.165) is 0 Å². The number of esters is 1. The standard InChI is InChI=1S/C9H16O4/c1-6(2)13-9(12)7(3)4-5-8(10)11/h6-7H,4-5H2,1-3H3,(H,10,11)/t7-/m1/s1. The van der Waals surface area contributed by atoms with E-state index in [1.807, 2.05) is 0 Å². The van der Waals surface area contributed by atoms with Gasteiger partial charge in [0, 0.05) is 6.42 Å². The molecule has 1 atom stereocenters. The first-order valence-electron chi connectivity index (χ1n) is 4.35. The Labute approximate surface area is 77.9 Å². The summed E-state index contributed by atoms with van der Waals surface area (Å²) in [5.41, 5.74) is 0. The number of carboxylic acid groups (broad SMARTS) is 1.